The van der Waals surface area contributed by atoms with Gasteiger partial charge in [-0.15, -0.1) is 0 Å². The molecule has 1 aliphatic heterocycles. The first-order valence-corrected chi connectivity index (χ1v) is 11.4. The van der Waals surface area contributed by atoms with Gasteiger partial charge in [0.25, 0.3) is 0 Å². The molecule has 1 fully saturated rings. The van der Waals surface area contributed by atoms with E-state index >= 15 is 8.78 Å². The van der Waals surface area contributed by atoms with Crippen LogP contribution in [0.25, 0.3) is 0 Å². The van der Waals surface area contributed by atoms with Gasteiger partial charge in [0.1, 0.15) is 6.10 Å². The van der Waals surface area contributed by atoms with Crippen molar-refractivity contribution in [1.29, 1.82) is 0 Å². The molecule has 5 atom stereocenters. The van der Waals surface area contributed by atoms with Crippen molar-refractivity contribution in [3.05, 3.63) is 71.8 Å². The van der Waals surface area contributed by atoms with Gasteiger partial charge in [0.05, 0.1) is 32.0 Å². The van der Waals surface area contributed by atoms with Crippen LogP contribution in [0.3, 0.4) is 0 Å². The Hall–Kier alpha value is -2.35. The first kappa shape index (κ1) is 25.3. The van der Waals surface area contributed by atoms with Crippen LogP contribution in [0.5, 0.6) is 0 Å². The molecular formula is C26H32F2O5. The van der Waals surface area contributed by atoms with Crippen molar-refractivity contribution in [2.75, 3.05) is 6.61 Å². The van der Waals surface area contributed by atoms with Gasteiger partial charge in [-0.2, -0.15) is 8.78 Å². The van der Waals surface area contributed by atoms with Crippen LogP contribution in [-0.4, -0.2) is 42.9 Å². The molecule has 5 nitrogen and oxygen atoms in total. The van der Waals surface area contributed by atoms with Crippen molar-refractivity contribution in [1.82, 2.24) is 0 Å². The summed E-state index contributed by atoms with van der Waals surface area (Å²) in [6, 6.07) is 18.8. The van der Waals surface area contributed by atoms with Crippen LogP contribution in [0.15, 0.2) is 60.7 Å². The summed E-state index contributed by atoms with van der Waals surface area (Å²) in [7, 11) is 0. The zero-order valence-electron chi connectivity index (χ0n) is 19.3. The normalized spacial score (nSPS) is 25.5. The Kier molecular flexibility index (Phi) is 8.95. The summed E-state index contributed by atoms with van der Waals surface area (Å²) in [5, 5.41) is 0. The van der Waals surface area contributed by atoms with Crippen molar-refractivity contribution in [2.45, 2.75) is 70.7 Å². The summed E-state index contributed by atoms with van der Waals surface area (Å²) in [6.45, 7) is 5.41. The minimum atomic E-state index is -3.89. The van der Waals surface area contributed by atoms with Crippen molar-refractivity contribution in [3.8, 4) is 0 Å². The fourth-order valence-corrected chi connectivity index (χ4v) is 4.14. The molecule has 0 aromatic heterocycles. The molecule has 0 spiro atoms. The number of hydrogen-bond acceptors (Lipinski definition) is 5. The highest BCUT2D eigenvalue weighted by molar-refractivity contribution is 5.78. The number of halogens is 2. The van der Waals surface area contributed by atoms with E-state index in [4.69, 9.17) is 14.2 Å². The zero-order valence-corrected chi connectivity index (χ0v) is 19.3. The first-order valence-electron chi connectivity index (χ1n) is 11.4. The molecule has 0 radical (unpaired) electrons. The van der Waals surface area contributed by atoms with E-state index in [1.807, 2.05) is 74.5 Å². The number of hydrogen-bond donors (Lipinski definition) is 0. The smallest absolute Gasteiger partial charge is 0.379 e. The van der Waals surface area contributed by atoms with Gasteiger partial charge < -0.3 is 18.9 Å². The Morgan fingerprint density at radius 3 is 1.91 bits per heavy atom. The van der Waals surface area contributed by atoms with E-state index in [1.54, 1.807) is 0 Å². The van der Waals surface area contributed by atoms with E-state index in [1.165, 1.54) is 6.92 Å². The molecule has 180 valence electrons. The second-order valence-corrected chi connectivity index (χ2v) is 8.23. The number of alkyl halides is 2. The van der Waals surface area contributed by atoms with Crippen LogP contribution in [0, 0.1) is 5.92 Å². The average molecular weight is 463 g/mol. The van der Waals surface area contributed by atoms with Gasteiger partial charge in [0, 0.05) is 5.92 Å². The molecule has 0 aliphatic carbocycles. The van der Waals surface area contributed by atoms with E-state index < -0.39 is 36.3 Å². The van der Waals surface area contributed by atoms with Gasteiger partial charge >= 0.3 is 11.9 Å². The van der Waals surface area contributed by atoms with Gasteiger partial charge in [-0.25, -0.2) is 4.79 Å². The van der Waals surface area contributed by atoms with Gasteiger partial charge in [-0.1, -0.05) is 74.5 Å². The second-order valence-electron chi connectivity index (χ2n) is 8.23. The number of ether oxygens (including phenoxy) is 4. The quantitative estimate of drug-likeness (QED) is 0.456. The van der Waals surface area contributed by atoms with Crippen LogP contribution < -0.4 is 0 Å². The van der Waals surface area contributed by atoms with E-state index in [0.29, 0.717) is 6.42 Å². The van der Waals surface area contributed by atoms with E-state index in [9.17, 15) is 4.79 Å². The van der Waals surface area contributed by atoms with E-state index in [-0.39, 0.29) is 25.7 Å². The first-order chi connectivity index (χ1) is 15.9. The topological polar surface area (TPSA) is 54.0 Å². The predicted molar refractivity (Wildman–Crippen MR) is 120 cm³/mol. The number of benzene rings is 2. The molecule has 0 bridgehead atoms. The van der Waals surface area contributed by atoms with Crippen molar-refractivity contribution in [3.63, 3.8) is 0 Å². The molecule has 3 rings (SSSR count). The second kappa shape index (κ2) is 11.7. The Morgan fingerprint density at radius 1 is 0.909 bits per heavy atom. The van der Waals surface area contributed by atoms with Crippen molar-refractivity contribution in [2.24, 2.45) is 5.92 Å². The van der Waals surface area contributed by atoms with E-state index in [0.717, 1.165) is 11.1 Å². The van der Waals surface area contributed by atoms with Gasteiger partial charge in [-0.05, 0) is 24.5 Å². The monoisotopic (exact) mass is 462 g/mol. The molecule has 0 unspecified atom stereocenters. The third-order valence-electron chi connectivity index (χ3n) is 5.93. The zero-order chi connectivity index (χ0) is 23.8. The summed E-state index contributed by atoms with van der Waals surface area (Å²) in [5.41, 5.74) is 1.74. The molecule has 0 saturated carbocycles. The Morgan fingerprint density at radius 2 is 1.42 bits per heavy atom. The molecule has 1 saturated heterocycles. The molecule has 2 aromatic carbocycles. The van der Waals surface area contributed by atoms with Gasteiger partial charge in [-0.3, -0.25) is 0 Å². The summed E-state index contributed by atoms with van der Waals surface area (Å²) < 4.78 is 53.3. The number of carbonyl (C=O) groups is 1. The molecule has 7 heteroatoms. The molecule has 1 heterocycles. The number of carbonyl (C=O) groups excluding carboxylic acids is 1. The maximum Gasteiger partial charge on any atom is 0.379 e. The van der Waals surface area contributed by atoms with Crippen LogP contribution in [0.2, 0.25) is 0 Å². The van der Waals surface area contributed by atoms with Crippen molar-refractivity contribution < 1.29 is 32.5 Å². The largest absolute Gasteiger partial charge is 0.461 e. The highest BCUT2D eigenvalue weighted by Crippen LogP contribution is 2.39. The number of rotatable bonds is 10. The van der Waals surface area contributed by atoms with Crippen LogP contribution in [0.4, 0.5) is 8.78 Å². The fourth-order valence-electron chi connectivity index (χ4n) is 4.14. The maximum absolute atomic E-state index is 15.3. The molecule has 1 aliphatic rings. The fraction of sp³-hybridized carbons (Fsp3) is 0.500. The lowest BCUT2D eigenvalue weighted by Gasteiger charge is -2.46. The standard InChI is InChI=1S/C26H32F2O5/c1-4-21-18(3)22(31-16-19-12-8-6-9-13-19)23(32-17-20-14-10-7-11-15-20)24(33-21)26(27,28)25(29)30-5-2/h6-15,18,21-24H,4-5,16-17H2,1-3H3/t18-,21+,22-,23+,24+/m0/s1. The van der Waals surface area contributed by atoms with E-state index in [2.05, 4.69) is 4.74 Å². The number of esters is 1. The average Bonchev–Trinajstić information content (AvgIpc) is 2.83. The van der Waals surface area contributed by atoms with Gasteiger partial charge in [0.2, 0.25) is 0 Å². The minimum absolute atomic E-state index is 0.0823. The maximum atomic E-state index is 15.3. The summed E-state index contributed by atoms with van der Waals surface area (Å²) in [5.74, 6) is -5.73. The minimum Gasteiger partial charge on any atom is -0.461 e. The summed E-state index contributed by atoms with van der Waals surface area (Å²) in [4.78, 5) is 12.2. The highest BCUT2D eigenvalue weighted by Gasteiger charge is 2.60. The molecule has 0 amide bonds. The highest BCUT2D eigenvalue weighted by atomic mass is 19.3. The predicted octanol–water partition coefficient (Wildman–Crippen LogP) is 5.17. The Bertz CT molecular complexity index is 862. The molecule has 33 heavy (non-hydrogen) atoms. The van der Waals surface area contributed by atoms with Gasteiger partial charge in [0.15, 0.2) is 6.10 Å². The lowest BCUT2D eigenvalue weighted by atomic mass is 9.84. The Balaban J connectivity index is 1.90. The van der Waals surface area contributed by atoms with Crippen LogP contribution in [-0.2, 0) is 37.0 Å². The van der Waals surface area contributed by atoms with Crippen LogP contribution in [0.1, 0.15) is 38.3 Å². The SMILES string of the molecule is CCOC(=O)C(F)(F)[C@@H]1O[C@H](CC)[C@H](C)[C@H](OCc2ccccc2)[C@H]1OCc1ccccc1. The van der Waals surface area contributed by atoms with Crippen molar-refractivity contribution >= 4 is 5.97 Å². The summed E-state index contributed by atoms with van der Waals surface area (Å²) in [6.07, 6.45) is -3.74. The molecular weight excluding hydrogens is 430 g/mol. The lowest BCUT2D eigenvalue weighted by molar-refractivity contribution is -0.282. The third-order valence-corrected chi connectivity index (χ3v) is 5.93. The third kappa shape index (κ3) is 6.16. The Labute approximate surface area is 194 Å². The molecule has 0 N–H and O–H groups in total. The lowest BCUT2D eigenvalue weighted by Crippen LogP contribution is -2.63. The molecule has 2 aromatic rings. The summed E-state index contributed by atoms with van der Waals surface area (Å²) >= 11 is 0. The van der Waals surface area contributed by atoms with Crippen LogP contribution >= 0.6 is 0 Å².